The molecule has 1 aromatic carbocycles. The Morgan fingerprint density at radius 3 is 2.44 bits per heavy atom. The number of hydrogen-bond donors (Lipinski definition) is 0. The first-order chi connectivity index (χ1) is 8.38. The van der Waals surface area contributed by atoms with Crippen molar-refractivity contribution in [3.8, 4) is 0 Å². The summed E-state index contributed by atoms with van der Waals surface area (Å²) < 4.78 is 18.4. The standard InChI is InChI=1S/C14H18FNO2/c1-14(2,3)16-8-12(18-9-13(16)17)10-4-6-11(15)7-5-10/h4-7,12H,8-9H2,1-3H3/t12-/m1/s1. The van der Waals surface area contributed by atoms with E-state index in [0.717, 1.165) is 5.56 Å². The fourth-order valence-corrected chi connectivity index (χ4v) is 2.10. The molecule has 0 aliphatic carbocycles. The van der Waals surface area contributed by atoms with Gasteiger partial charge in [-0.1, -0.05) is 12.1 Å². The molecule has 1 fully saturated rings. The third kappa shape index (κ3) is 2.70. The molecule has 1 amide bonds. The van der Waals surface area contributed by atoms with Crippen LogP contribution >= 0.6 is 0 Å². The van der Waals surface area contributed by atoms with Gasteiger partial charge in [-0.25, -0.2) is 4.39 Å². The van der Waals surface area contributed by atoms with Gasteiger partial charge in [0.1, 0.15) is 18.5 Å². The molecule has 0 radical (unpaired) electrons. The lowest BCUT2D eigenvalue weighted by molar-refractivity contribution is -0.156. The molecule has 0 unspecified atom stereocenters. The minimum absolute atomic E-state index is 0.000798. The maximum absolute atomic E-state index is 12.9. The second kappa shape index (κ2) is 4.69. The van der Waals surface area contributed by atoms with Crippen LogP contribution in [-0.4, -0.2) is 29.5 Å². The molecular weight excluding hydrogens is 233 g/mol. The average Bonchev–Trinajstić information content (AvgIpc) is 2.29. The highest BCUT2D eigenvalue weighted by Gasteiger charge is 2.34. The minimum Gasteiger partial charge on any atom is -0.362 e. The van der Waals surface area contributed by atoms with Gasteiger partial charge < -0.3 is 9.64 Å². The molecule has 1 aliphatic heterocycles. The van der Waals surface area contributed by atoms with Crippen LogP contribution in [0.2, 0.25) is 0 Å². The van der Waals surface area contributed by atoms with Crippen molar-refractivity contribution in [3.05, 3.63) is 35.6 Å². The summed E-state index contributed by atoms with van der Waals surface area (Å²) in [7, 11) is 0. The summed E-state index contributed by atoms with van der Waals surface area (Å²) >= 11 is 0. The highest BCUT2D eigenvalue weighted by molar-refractivity contribution is 5.79. The summed E-state index contributed by atoms with van der Waals surface area (Å²) in [6.45, 7) is 6.58. The Kier molecular flexibility index (Phi) is 3.39. The second-order valence-corrected chi connectivity index (χ2v) is 5.53. The first kappa shape index (κ1) is 13.0. The van der Waals surface area contributed by atoms with Gasteiger partial charge in [0, 0.05) is 5.54 Å². The highest BCUT2D eigenvalue weighted by Crippen LogP contribution is 2.27. The van der Waals surface area contributed by atoms with Crippen molar-refractivity contribution < 1.29 is 13.9 Å². The molecule has 0 bridgehead atoms. The van der Waals surface area contributed by atoms with Gasteiger partial charge in [0.05, 0.1) is 6.54 Å². The van der Waals surface area contributed by atoms with E-state index in [1.807, 2.05) is 25.7 Å². The molecule has 18 heavy (non-hydrogen) atoms. The molecule has 1 atom stereocenters. The van der Waals surface area contributed by atoms with Crippen LogP contribution in [-0.2, 0) is 9.53 Å². The zero-order chi connectivity index (χ0) is 13.3. The van der Waals surface area contributed by atoms with Gasteiger partial charge in [0.15, 0.2) is 0 Å². The zero-order valence-electron chi connectivity index (χ0n) is 10.9. The topological polar surface area (TPSA) is 29.5 Å². The Labute approximate surface area is 107 Å². The number of amides is 1. The van der Waals surface area contributed by atoms with Crippen molar-refractivity contribution in [2.24, 2.45) is 0 Å². The maximum atomic E-state index is 12.9. The van der Waals surface area contributed by atoms with Crippen LogP contribution in [0.3, 0.4) is 0 Å². The number of halogens is 1. The van der Waals surface area contributed by atoms with E-state index >= 15 is 0 Å². The number of hydrogen-bond acceptors (Lipinski definition) is 2. The van der Waals surface area contributed by atoms with Crippen LogP contribution in [0.15, 0.2) is 24.3 Å². The Morgan fingerprint density at radius 2 is 1.89 bits per heavy atom. The van der Waals surface area contributed by atoms with Gasteiger partial charge in [-0.2, -0.15) is 0 Å². The van der Waals surface area contributed by atoms with E-state index in [9.17, 15) is 9.18 Å². The second-order valence-electron chi connectivity index (χ2n) is 5.53. The first-order valence-electron chi connectivity index (χ1n) is 6.05. The van der Waals surface area contributed by atoms with Crippen LogP contribution in [0.25, 0.3) is 0 Å². The number of carbonyl (C=O) groups is 1. The van der Waals surface area contributed by atoms with E-state index in [4.69, 9.17) is 4.74 Å². The summed E-state index contributed by atoms with van der Waals surface area (Å²) in [5.74, 6) is -0.265. The molecule has 1 heterocycles. The predicted octanol–water partition coefficient (Wildman–Crippen LogP) is 2.52. The maximum Gasteiger partial charge on any atom is 0.249 e. The third-order valence-electron chi connectivity index (χ3n) is 3.11. The van der Waals surface area contributed by atoms with E-state index in [2.05, 4.69) is 0 Å². The van der Waals surface area contributed by atoms with Gasteiger partial charge in [0.25, 0.3) is 0 Å². The van der Waals surface area contributed by atoms with E-state index in [1.165, 1.54) is 12.1 Å². The molecule has 0 saturated carbocycles. The number of rotatable bonds is 1. The highest BCUT2D eigenvalue weighted by atomic mass is 19.1. The van der Waals surface area contributed by atoms with Crippen LogP contribution in [0.4, 0.5) is 4.39 Å². The van der Waals surface area contributed by atoms with Crippen molar-refractivity contribution in [2.45, 2.75) is 32.4 Å². The van der Waals surface area contributed by atoms with E-state index in [0.29, 0.717) is 6.54 Å². The van der Waals surface area contributed by atoms with Crippen molar-refractivity contribution >= 4 is 5.91 Å². The number of carbonyl (C=O) groups excluding carboxylic acids is 1. The minimum atomic E-state index is -0.265. The Hall–Kier alpha value is -1.42. The molecule has 3 nitrogen and oxygen atoms in total. The third-order valence-corrected chi connectivity index (χ3v) is 3.11. The number of benzene rings is 1. The molecular formula is C14H18FNO2. The molecule has 1 aliphatic rings. The number of nitrogens with zero attached hydrogens (tertiary/aromatic N) is 1. The van der Waals surface area contributed by atoms with E-state index in [1.54, 1.807) is 12.1 Å². The van der Waals surface area contributed by atoms with Crippen LogP contribution < -0.4 is 0 Å². The molecule has 0 spiro atoms. The Balaban J connectivity index is 2.17. The summed E-state index contributed by atoms with van der Waals surface area (Å²) in [5.41, 5.74) is 0.678. The number of ether oxygens (including phenoxy) is 1. The quantitative estimate of drug-likeness (QED) is 0.767. The molecule has 1 aromatic rings. The van der Waals surface area contributed by atoms with Crippen molar-refractivity contribution in [3.63, 3.8) is 0 Å². The molecule has 0 aromatic heterocycles. The molecule has 2 rings (SSSR count). The van der Waals surface area contributed by atoms with Crippen LogP contribution in [0, 0.1) is 5.82 Å². The van der Waals surface area contributed by atoms with Gasteiger partial charge in [-0.15, -0.1) is 0 Å². The largest absolute Gasteiger partial charge is 0.362 e. The normalized spacial score (nSPS) is 21.2. The van der Waals surface area contributed by atoms with Crippen molar-refractivity contribution in [2.75, 3.05) is 13.2 Å². The van der Waals surface area contributed by atoms with E-state index < -0.39 is 0 Å². The van der Waals surface area contributed by atoms with Crippen molar-refractivity contribution in [1.29, 1.82) is 0 Å². The summed E-state index contributed by atoms with van der Waals surface area (Å²) in [6.07, 6.45) is -0.178. The molecule has 98 valence electrons. The SMILES string of the molecule is CC(C)(C)N1C[C@H](c2ccc(F)cc2)OCC1=O. The van der Waals surface area contributed by atoms with Crippen molar-refractivity contribution in [1.82, 2.24) is 4.90 Å². The van der Waals surface area contributed by atoms with Gasteiger partial charge in [-0.05, 0) is 38.5 Å². The fraction of sp³-hybridized carbons (Fsp3) is 0.500. The Morgan fingerprint density at radius 1 is 1.28 bits per heavy atom. The summed E-state index contributed by atoms with van der Waals surface area (Å²) in [4.78, 5) is 13.6. The van der Waals surface area contributed by atoms with Gasteiger partial charge >= 0.3 is 0 Å². The lowest BCUT2D eigenvalue weighted by Crippen LogP contribution is -2.52. The van der Waals surface area contributed by atoms with E-state index in [-0.39, 0.29) is 30.0 Å². The first-order valence-corrected chi connectivity index (χ1v) is 6.05. The van der Waals surface area contributed by atoms with Crippen LogP contribution in [0.1, 0.15) is 32.4 Å². The predicted molar refractivity (Wildman–Crippen MR) is 66.6 cm³/mol. The summed E-state index contributed by atoms with van der Waals surface area (Å²) in [5, 5.41) is 0. The zero-order valence-corrected chi connectivity index (χ0v) is 10.9. The summed E-state index contributed by atoms with van der Waals surface area (Å²) in [6, 6.07) is 6.24. The smallest absolute Gasteiger partial charge is 0.249 e. The van der Waals surface area contributed by atoms with Gasteiger partial charge in [-0.3, -0.25) is 4.79 Å². The Bertz CT molecular complexity index is 436. The number of morpholine rings is 1. The average molecular weight is 251 g/mol. The van der Waals surface area contributed by atoms with Crippen LogP contribution in [0.5, 0.6) is 0 Å². The fourth-order valence-electron chi connectivity index (χ4n) is 2.10. The van der Waals surface area contributed by atoms with Gasteiger partial charge in [0.2, 0.25) is 5.91 Å². The monoisotopic (exact) mass is 251 g/mol. The molecule has 0 N–H and O–H groups in total. The molecule has 1 saturated heterocycles. The lowest BCUT2D eigenvalue weighted by atomic mass is 10.0. The molecule has 4 heteroatoms. The lowest BCUT2D eigenvalue weighted by Gasteiger charge is -2.41.